The summed E-state index contributed by atoms with van der Waals surface area (Å²) in [5, 5.41) is 7.17. The molecule has 0 N–H and O–H groups in total. The highest BCUT2D eigenvalue weighted by Gasteiger charge is 2.40. The van der Waals surface area contributed by atoms with Crippen LogP contribution >= 0.6 is 0 Å². The monoisotopic (exact) mass is 354 g/mol. The van der Waals surface area contributed by atoms with Crippen molar-refractivity contribution in [1.29, 1.82) is 0 Å². The van der Waals surface area contributed by atoms with Crippen molar-refractivity contribution in [2.45, 2.75) is 32.5 Å². The Morgan fingerprint density at radius 1 is 0.889 bits per heavy atom. The minimum atomic E-state index is -0.201. The van der Waals surface area contributed by atoms with Crippen molar-refractivity contribution in [1.82, 2.24) is 5.01 Å². The van der Waals surface area contributed by atoms with Gasteiger partial charge in [-0.1, -0.05) is 77.9 Å². The number of fused-ring (bicyclic) bond motifs is 3. The first-order valence-corrected chi connectivity index (χ1v) is 9.44. The molecular weight excluding hydrogens is 332 g/mol. The third-order valence-electron chi connectivity index (χ3n) is 5.41. The molecule has 3 aromatic carbocycles. The van der Waals surface area contributed by atoms with E-state index in [-0.39, 0.29) is 12.3 Å². The zero-order valence-corrected chi connectivity index (χ0v) is 15.6. The minimum absolute atomic E-state index is 0.201. The van der Waals surface area contributed by atoms with Crippen molar-refractivity contribution in [2.24, 2.45) is 5.10 Å². The zero-order chi connectivity index (χ0) is 18.4. The fourth-order valence-electron chi connectivity index (χ4n) is 4.00. The molecule has 0 unspecified atom stereocenters. The van der Waals surface area contributed by atoms with Gasteiger partial charge in [-0.2, -0.15) is 5.10 Å². The molecule has 0 amide bonds. The number of hydrazone groups is 1. The molecule has 5 rings (SSSR count). The Labute approximate surface area is 159 Å². The van der Waals surface area contributed by atoms with Gasteiger partial charge in [0.25, 0.3) is 0 Å². The molecule has 2 atom stereocenters. The van der Waals surface area contributed by atoms with Gasteiger partial charge in [0.15, 0.2) is 0 Å². The third kappa shape index (κ3) is 2.80. The molecule has 0 bridgehead atoms. The van der Waals surface area contributed by atoms with E-state index in [9.17, 15) is 0 Å². The average Bonchev–Trinajstić information content (AvgIpc) is 3.13. The van der Waals surface area contributed by atoms with Gasteiger partial charge in [-0.3, -0.25) is 0 Å². The smallest absolute Gasteiger partial charge is 0.213 e. The van der Waals surface area contributed by atoms with E-state index in [1.54, 1.807) is 0 Å². The quantitative estimate of drug-likeness (QED) is 0.603. The predicted molar refractivity (Wildman–Crippen MR) is 108 cm³/mol. The lowest BCUT2D eigenvalue weighted by Crippen LogP contribution is -2.33. The molecule has 0 spiro atoms. The zero-order valence-electron chi connectivity index (χ0n) is 15.6. The van der Waals surface area contributed by atoms with Crippen LogP contribution in [0.15, 0.2) is 77.9 Å². The first kappa shape index (κ1) is 16.1. The summed E-state index contributed by atoms with van der Waals surface area (Å²) in [6.07, 6.45) is 0.693. The standard InChI is InChI=1S/C24H22N2O/c1-16-10-12-18(13-11-16)21-15-22-20-8-3-4-9-23(20)27-24(26(22)25-21)19-7-5-6-17(2)14-19/h3-14,22,24H,15H2,1-2H3/t22-,24-/m0/s1. The fraction of sp³-hybridized carbons (Fsp3) is 0.208. The van der Waals surface area contributed by atoms with E-state index in [4.69, 9.17) is 9.84 Å². The van der Waals surface area contributed by atoms with Gasteiger partial charge in [0.2, 0.25) is 6.23 Å². The van der Waals surface area contributed by atoms with Gasteiger partial charge < -0.3 is 4.74 Å². The Bertz CT molecular complexity index is 1020. The molecule has 27 heavy (non-hydrogen) atoms. The summed E-state index contributed by atoms with van der Waals surface area (Å²) < 4.78 is 6.41. The van der Waals surface area contributed by atoms with Gasteiger partial charge in [0.1, 0.15) is 5.75 Å². The van der Waals surface area contributed by atoms with Crippen LogP contribution in [0.2, 0.25) is 0 Å². The number of nitrogens with zero attached hydrogens (tertiary/aromatic N) is 2. The lowest BCUT2D eigenvalue weighted by Gasteiger charge is -2.38. The first-order valence-electron chi connectivity index (χ1n) is 9.44. The molecule has 2 aliphatic heterocycles. The van der Waals surface area contributed by atoms with Crippen LogP contribution < -0.4 is 4.74 Å². The molecule has 3 nitrogen and oxygen atoms in total. The van der Waals surface area contributed by atoms with Gasteiger partial charge >= 0.3 is 0 Å². The van der Waals surface area contributed by atoms with E-state index in [1.165, 1.54) is 22.3 Å². The van der Waals surface area contributed by atoms with Gasteiger partial charge in [-0.25, -0.2) is 5.01 Å². The lowest BCUT2D eigenvalue weighted by atomic mass is 9.95. The predicted octanol–water partition coefficient (Wildman–Crippen LogP) is 5.55. The van der Waals surface area contributed by atoms with E-state index >= 15 is 0 Å². The summed E-state index contributed by atoms with van der Waals surface area (Å²) in [4.78, 5) is 0. The van der Waals surface area contributed by atoms with E-state index in [0.717, 1.165) is 23.4 Å². The van der Waals surface area contributed by atoms with Gasteiger partial charge in [-0.15, -0.1) is 0 Å². The average molecular weight is 354 g/mol. The van der Waals surface area contributed by atoms with Gasteiger partial charge in [0, 0.05) is 17.5 Å². The SMILES string of the molecule is Cc1ccc(C2=NN3[C@@H](C2)c2ccccc2O[C@H]3c2cccc(C)c2)cc1. The number of hydrogen-bond acceptors (Lipinski definition) is 3. The molecule has 0 aliphatic carbocycles. The summed E-state index contributed by atoms with van der Waals surface area (Å²) in [7, 11) is 0. The van der Waals surface area contributed by atoms with Crippen molar-refractivity contribution < 1.29 is 4.74 Å². The number of hydrogen-bond donors (Lipinski definition) is 0. The van der Waals surface area contributed by atoms with Gasteiger partial charge in [0.05, 0.1) is 11.8 Å². The maximum Gasteiger partial charge on any atom is 0.213 e. The number of aryl methyl sites for hydroxylation is 2. The van der Waals surface area contributed by atoms with Crippen LogP contribution in [0.1, 0.15) is 46.5 Å². The topological polar surface area (TPSA) is 24.8 Å². The normalized spacial score (nSPS) is 20.5. The third-order valence-corrected chi connectivity index (χ3v) is 5.41. The molecule has 0 fully saturated rings. The minimum Gasteiger partial charge on any atom is -0.464 e. The van der Waals surface area contributed by atoms with Crippen LogP contribution in [-0.4, -0.2) is 10.7 Å². The maximum absolute atomic E-state index is 6.41. The molecule has 0 saturated carbocycles. The molecule has 3 aromatic rings. The van der Waals surface area contributed by atoms with E-state index in [0.29, 0.717) is 0 Å². The van der Waals surface area contributed by atoms with Crippen molar-refractivity contribution in [2.75, 3.05) is 0 Å². The fourth-order valence-corrected chi connectivity index (χ4v) is 4.00. The summed E-state index contributed by atoms with van der Waals surface area (Å²) in [6.45, 7) is 4.23. The molecule has 3 heteroatoms. The Balaban J connectivity index is 1.60. The highest BCUT2D eigenvalue weighted by atomic mass is 16.5. The van der Waals surface area contributed by atoms with Crippen molar-refractivity contribution in [3.8, 4) is 5.75 Å². The largest absolute Gasteiger partial charge is 0.464 e. The number of benzene rings is 3. The van der Waals surface area contributed by atoms with Crippen LogP contribution in [0.25, 0.3) is 0 Å². The van der Waals surface area contributed by atoms with Crippen molar-refractivity contribution >= 4 is 5.71 Å². The van der Waals surface area contributed by atoms with Crippen LogP contribution in [0, 0.1) is 13.8 Å². The van der Waals surface area contributed by atoms with Crippen LogP contribution in [0.4, 0.5) is 0 Å². The van der Waals surface area contributed by atoms with Crippen molar-refractivity contribution in [3.05, 3.63) is 101 Å². The Kier molecular flexibility index (Phi) is 3.75. The second-order valence-electron chi connectivity index (χ2n) is 7.43. The second kappa shape index (κ2) is 6.27. The van der Waals surface area contributed by atoms with E-state index < -0.39 is 0 Å². The van der Waals surface area contributed by atoms with Crippen LogP contribution in [-0.2, 0) is 0 Å². The molecular formula is C24H22N2O. The first-order chi connectivity index (χ1) is 13.2. The Morgan fingerprint density at radius 2 is 1.70 bits per heavy atom. The highest BCUT2D eigenvalue weighted by Crippen LogP contribution is 2.47. The van der Waals surface area contributed by atoms with Gasteiger partial charge in [-0.05, 0) is 25.5 Å². The number of rotatable bonds is 2. The van der Waals surface area contributed by atoms with Crippen molar-refractivity contribution in [3.63, 3.8) is 0 Å². The Morgan fingerprint density at radius 3 is 2.52 bits per heavy atom. The summed E-state index contributed by atoms with van der Waals surface area (Å²) >= 11 is 0. The summed E-state index contributed by atoms with van der Waals surface area (Å²) in [5.41, 5.74) is 7.17. The molecule has 0 radical (unpaired) electrons. The molecule has 0 aromatic heterocycles. The summed E-state index contributed by atoms with van der Waals surface area (Å²) in [5.74, 6) is 0.964. The summed E-state index contributed by atoms with van der Waals surface area (Å²) in [6, 6.07) is 25.7. The van der Waals surface area contributed by atoms with Crippen LogP contribution in [0.3, 0.4) is 0 Å². The number of para-hydroxylation sites is 1. The lowest BCUT2D eigenvalue weighted by molar-refractivity contribution is -0.0190. The maximum atomic E-state index is 6.41. The second-order valence-corrected chi connectivity index (χ2v) is 7.43. The number of ether oxygens (including phenoxy) is 1. The molecule has 2 aliphatic rings. The molecule has 134 valence electrons. The molecule has 0 saturated heterocycles. The van der Waals surface area contributed by atoms with Crippen LogP contribution in [0.5, 0.6) is 5.75 Å². The highest BCUT2D eigenvalue weighted by molar-refractivity contribution is 6.02. The van der Waals surface area contributed by atoms with E-state index in [1.807, 2.05) is 6.07 Å². The Hall–Kier alpha value is -3.07. The molecule has 2 heterocycles. The van der Waals surface area contributed by atoms with E-state index in [2.05, 4.69) is 85.6 Å².